The Morgan fingerprint density at radius 2 is 1.75 bits per heavy atom. The number of hydrogen-bond donors (Lipinski definition) is 1. The van der Waals surface area contributed by atoms with E-state index in [9.17, 15) is 26.4 Å². The number of sulfonamides is 1. The second-order valence-electron chi connectivity index (χ2n) is 6.69. The molecule has 1 aliphatic carbocycles. The maximum atomic E-state index is 13.0. The van der Waals surface area contributed by atoms with E-state index in [0.29, 0.717) is 5.69 Å². The number of rotatable bonds is 4. The largest absolute Gasteiger partial charge is 0.573 e. The van der Waals surface area contributed by atoms with E-state index >= 15 is 0 Å². The van der Waals surface area contributed by atoms with Gasteiger partial charge in [0.15, 0.2) is 4.75 Å². The smallest absolute Gasteiger partial charge is 0.406 e. The van der Waals surface area contributed by atoms with Gasteiger partial charge in [-0.2, -0.15) is 0 Å². The van der Waals surface area contributed by atoms with Crippen LogP contribution in [0.5, 0.6) is 5.75 Å². The third-order valence-electron chi connectivity index (χ3n) is 4.96. The van der Waals surface area contributed by atoms with Gasteiger partial charge in [-0.25, -0.2) is 8.42 Å². The lowest BCUT2D eigenvalue weighted by atomic mass is 10.2. The molecule has 148 valence electrons. The highest BCUT2D eigenvalue weighted by Gasteiger charge is 2.75. The summed E-state index contributed by atoms with van der Waals surface area (Å²) in [7, 11) is -3.91. The molecule has 1 saturated carbocycles. The highest BCUT2D eigenvalue weighted by Crippen LogP contribution is 2.58. The Bertz CT molecular complexity index is 1010. The minimum Gasteiger partial charge on any atom is -0.406 e. The van der Waals surface area contributed by atoms with Crippen LogP contribution in [0.4, 0.5) is 24.5 Å². The fourth-order valence-corrected chi connectivity index (χ4v) is 5.90. The summed E-state index contributed by atoms with van der Waals surface area (Å²) in [5.41, 5.74) is 0.684. The molecule has 0 aromatic heterocycles. The molecule has 0 bridgehead atoms. The van der Waals surface area contributed by atoms with Crippen LogP contribution in [0.1, 0.15) is 6.42 Å². The number of amides is 1. The Morgan fingerprint density at radius 1 is 1.11 bits per heavy atom. The van der Waals surface area contributed by atoms with Crippen molar-refractivity contribution in [3.63, 3.8) is 0 Å². The predicted octanol–water partition coefficient (Wildman–Crippen LogP) is 3.13. The standard InChI is InChI=1S/C18H15F3N2O4S/c19-18(20,21)27-15-8-6-13(7-9-15)22-16(24)17-10-12(17)11-23(28(17,25)26)14-4-2-1-3-5-14/h1-9,12H,10-11H2,(H,22,24)/t12-,17-/m0/s1. The molecule has 2 aromatic carbocycles. The van der Waals surface area contributed by atoms with Gasteiger partial charge in [-0.1, -0.05) is 18.2 Å². The Morgan fingerprint density at radius 3 is 2.36 bits per heavy atom. The van der Waals surface area contributed by atoms with Gasteiger partial charge in [-0.05, 0) is 42.8 Å². The van der Waals surface area contributed by atoms with Crippen LogP contribution < -0.4 is 14.4 Å². The number of hydrogen-bond acceptors (Lipinski definition) is 4. The van der Waals surface area contributed by atoms with Crippen molar-refractivity contribution in [2.45, 2.75) is 17.5 Å². The second kappa shape index (κ2) is 6.13. The van der Waals surface area contributed by atoms with E-state index in [1.807, 2.05) is 0 Å². The lowest BCUT2D eigenvalue weighted by molar-refractivity contribution is -0.274. The summed E-state index contributed by atoms with van der Waals surface area (Å²) < 4.78 is 66.1. The first-order valence-corrected chi connectivity index (χ1v) is 9.82. The summed E-state index contributed by atoms with van der Waals surface area (Å²) in [6, 6.07) is 13.1. The van der Waals surface area contributed by atoms with E-state index in [0.717, 1.165) is 12.1 Å². The first-order valence-electron chi connectivity index (χ1n) is 8.38. The number of halogens is 3. The minimum atomic E-state index is -4.82. The molecule has 10 heteroatoms. The lowest BCUT2D eigenvalue weighted by Gasteiger charge is -2.23. The van der Waals surface area contributed by atoms with Gasteiger partial charge in [0.1, 0.15) is 5.75 Å². The summed E-state index contributed by atoms with van der Waals surface area (Å²) in [6.45, 7) is 0.220. The Kier molecular flexibility index (Phi) is 4.07. The SMILES string of the molecule is O=C(Nc1ccc(OC(F)(F)F)cc1)[C@]12C[C@H]1CN(c1ccccc1)S2(=O)=O. The van der Waals surface area contributed by atoms with Crippen LogP contribution in [0.2, 0.25) is 0 Å². The summed E-state index contributed by atoms with van der Waals surface area (Å²) >= 11 is 0. The average Bonchev–Trinajstić information content (AvgIpc) is 3.32. The van der Waals surface area contributed by atoms with Crippen LogP contribution in [0.15, 0.2) is 54.6 Å². The van der Waals surface area contributed by atoms with Crippen molar-refractivity contribution < 1.29 is 31.1 Å². The maximum absolute atomic E-state index is 13.0. The van der Waals surface area contributed by atoms with E-state index < -0.39 is 32.8 Å². The van der Waals surface area contributed by atoms with E-state index in [4.69, 9.17) is 0 Å². The molecule has 1 aliphatic heterocycles. The minimum absolute atomic E-state index is 0.188. The molecule has 1 N–H and O–H groups in total. The zero-order valence-corrected chi connectivity index (χ0v) is 15.1. The van der Waals surface area contributed by atoms with Gasteiger partial charge in [-0.3, -0.25) is 9.10 Å². The number of para-hydroxylation sites is 1. The van der Waals surface area contributed by atoms with Crippen molar-refractivity contribution in [1.29, 1.82) is 0 Å². The van der Waals surface area contributed by atoms with Gasteiger partial charge in [0.05, 0.1) is 5.69 Å². The number of benzene rings is 2. The van der Waals surface area contributed by atoms with Crippen LogP contribution in [0.25, 0.3) is 0 Å². The van der Waals surface area contributed by atoms with Crippen molar-refractivity contribution in [3.8, 4) is 5.75 Å². The molecular weight excluding hydrogens is 397 g/mol. The van der Waals surface area contributed by atoms with Crippen LogP contribution in [-0.2, 0) is 14.8 Å². The highest BCUT2D eigenvalue weighted by atomic mass is 32.2. The molecule has 4 rings (SSSR count). The molecular formula is C18H15F3N2O4S. The Hall–Kier alpha value is -2.75. The van der Waals surface area contributed by atoms with E-state index in [-0.39, 0.29) is 24.6 Å². The first-order chi connectivity index (χ1) is 13.1. The molecule has 1 saturated heterocycles. The zero-order valence-electron chi connectivity index (χ0n) is 14.3. The van der Waals surface area contributed by atoms with Crippen molar-refractivity contribution in [3.05, 3.63) is 54.6 Å². The Balaban J connectivity index is 1.52. The van der Waals surface area contributed by atoms with Crippen molar-refractivity contribution >= 4 is 27.3 Å². The molecule has 0 spiro atoms. The normalized spacial score (nSPS) is 25.1. The quantitative estimate of drug-likeness (QED) is 0.837. The fraction of sp³-hybridized carbons (Fsp3) is 0.278. The van der Waals surface area contributed by atoms with E-state index in [1.165, 1.54) is 16.4 Å². The van der Waals surface area contributed by atoms with Crippen LogP contribution >= 0.6 is 0 Å². The number of carbonyl (C=O) groups is 1. The number of anilines is 2. The molecule has 2 aliphatic rings. The van der Waals surface area contributed by atoms with Gasteiger partial charge in [-0.15, -0.1) is 13.2 Å². The fourth-order valence-electron chi connectivity index (χ4n) is 3.54. The number of carbonyl (C=O) groups excluding carboxylic acids is 1. The summed E-state index contributed by atoms with van der Waals surface area (Å²) in [6.07, 6.45) is -4.59. The lowest BCUT2D eigenvalue weighted by Crippen LogP contribution is -2.42. The molecule has 0 unspecified atom stereocenters. The summed E-state index contributed by atoms with van der Waals surface area (Å²) in [4.78, 5) is 12.8. The molecule has 2 fully saturated rings. The zero-order chi connectivity index (χ0) is 20.2. The molecule has 2 atom stereocenters. The molecule has 6 nitrogen and oxygen atoms in total. The number of alkyl halides is 3. The Labute approximate surface area is 159 Å². The third-order valence-corrected chi connectivity index (χ3v) is 7.51. The van der Waals surface area contributed by atoms with Gasteiger partial charge in [0.2, 0.25) is 15.9 Å². The molecule has 0 radical (unpaired) electrons. The third kappa shape index (κ3) is 2.97. The molecule has 1 heterocycles. The van der Waals surface area contributed by atoms with E-state index in [2.05, 4.69) is 10.1 Å². The van der Waals surface area contributed by atoms with Crippen molar-refractivity contribution in [1.82, 2.24) is 0 Å². The van der Waals surface area contributed by atoms with Gasteiger partial charge in [0, 0.05) is 18.2 Å². The number of fused-ring (bicyclic) bond motifs is 1. The maximum Gasteiger partial charge on any atom is 0.573 e. The predicted molar refractivity (Wildman–Crippen MR) is 95.3 cm³/mol. The first kappa shape index (κ1) is 18.6. The van der Waals surface area contributed by atoms with Crippen LogP contribution in [0, 0.1) is 5.92 Å². The van der Waals surface area contributed by atoms with Crippen LogP contribution in [0.3, 0.4) is 0 Å². The van der Waals surface area contributed by atoms with E-state index in [1.54, 1.807) is 30.3 Å². The van der Waals surface area contributed by atoms with Crippen molar-refractivity contribution in [2.75, 3.05) is 16.2 Å². The second-order valence-corrected chi connectivity index (χ2v) is 8.81. The summed E-state index contributed by atoms with van der Waals surface area (Å²) in [5, 5.41) is 2.50. The van der Waals surface area contributed by atoms with Gasteiger partial charge < -0.3 is 10.1 Å². The average molecular weight is 412 g/mol. The molecule has 1 amide bonds. The molecule has 2 aromatic rings. The monoisotopic (exact) mass is 412 g/mol. The van der Waals surface area contributed by atoms with Crippen LogP contribution in [-0.4, -0.2) is 32.0 Å². The topological polar surface area (TPSA) is 75.7 Å². The van der Waals surface area contributed by atoms with Gasteiger partial charge in [0.25, 0.3) is 0 Å². The van der Waals surface area contributed by atoms with Crippen molar-refractivity contribution in [2.24, 2.45) is 5.92 Å². The summed E-state index contributed by atoms with van der Waals surface area (Å²) in [5.74, 6) is -1.44. The number of nitrogens with zero attached hydrogens (tertiary/aromatic N) is 1. The highest BCUT2D eigenvalue weighted by molar-refractivity contribution is 7.95. The number of ether oxygens (including phenoxy) is 1. The van der Waals surface area contributed by atoms with Gasteiger partial charge >= 0.3 is 6.36 Å². The number of nitrogens with one attached hydrogen (secondary N) is 1. The molecule has 28 heavy (non-hydrogen) atoms.